The number of pyridine rings is 5. The summed E-state index contributed by atoms with van der Waals surface area (Å²) in [6, 6.07) is 81.0. The van der Waals surface area contributed by atoms with Gasteiger partial charge in [0.2, 0.25) is 0 Å². The maximum absolute atomic E-state index is 4.16. The molecular formula is C55H35N5W5. The molecule has 0 unspecified atom stereocenters. The third kappa shape index (κ3) is 21.4. The van der Waals surface area contributed by atoms with Crippen LogP contribution in [0.3, 0.4) is 0 Å². The molecule has 65 heavy (non-hydrogen) atoms. The Morgan fingerprint density at radius 2 is 0.585 bits per heavy atom. The molecule has 10 rings (SSSR count). The first-order valence-corrected chi connectivity index (χ1v) is 18.8. The van der Waals surface area contributed by atoms with E-state index < -0.39 is 0 Å². The zero-order valence-corrected chi connectivity index (χ0v) is 49.2. The zero-order chi connectivity index (χ0) is 41.1. The topological polar surface area (TPSA) is 64.5 Å². The molecule has 0 aliphatic carbocycles. The number of aromatic nitrogens is 5. The summed E-state index contributed by atoms with van der Waals surface area (Å²) in [5.41, 5.74) is 10.0. The molecule has 0 amide bonds. The van der Waals surface area contributed by atoms with Crippen molar-refractivity contribution in [2.75, 3.05) is 0 Å². The molecule has 0 N–H and O–H groups in total. The van der Waals surface area contributed by atoms with Crippen LogP contribution < -0.4 is 0 Å². The van der Waals surface area contributed by atoms with Gasteiger partial charge in [0.15, 0.2) is 0 Å². The molecule has 310 valence electrons. The minimum Gasteiger partial charge on any atom is -0.370 e. The Morgan fingerprint density at radius 1 is 0.246 bits per heavy atom. The summed E-state index contributed by atoms with van der Waals surface area (Å²) in [6.07, 6.45) is 15.6. The molecule has 0 spiro atoms. The van der Waals surface area contributed by atoms with Crippen LogP contribution in [0.5, 0.6) is 0 Å². The van der Waals surface area contributed by atoms with Crippen molar-refractivity contribution in [3.05, 3.63) is 274 Å². The summed E-state index contributed by atoms with van der Waals surface area (Å²) in [7, 11) is 0. The van der Waals surface area contributed by atoms with Crippen molar-refractivity contribution in [3.63, 3.8) is 0 Å². The fourth-order valence-corrected chi connectivity index (χ4v) is 5.17. The maximum Gasteiger partial charge on any atom is 2.00 e. The van der Waals surface area contributed by atoms with Gasteiger partial charge in [-0.2, -0.15) is 121 Å². The molecule has 0 atom stereocenters. The van der Waals surface area contributed by atoms with Crippen LogP contribution in [0.2, 0.25) is 0 Å². The van der Waals surface area contributed by atoms with Crippen LogP contribution in [-0.2, 0) is 105 Å². The molecule has 0 radical (unpaired) electrons. The molecule has 0 bridgehead atoms. The molecule has 0 aliphatic rings. The second kappa shape index (κ2) is 35.5. The molecular weight excluding hydrogens is 1650 g/mol. The smallest absolute Gasteiger partial charge is 0.370 e. The Balaban J connectivity index is 0.000000399. The summed E-state index contributed by atoms with van der Waals surface area (Å²) in [5, 5.41) is 0. The first-order valence-electron chi connectivity index (χ1n) is 18.8. The van der Waals surface area contributed by atoms with E-state index in [0.717, 1.165) is 55.8 Å². The number of rotatable bonds is 5. The molecule has 5 nitrogen and oxygen atoms in total. The van der Waals surface area contributed by atoms with E-state index in [2.05, 4.69) is 85.6 Å². The maximum atomic E-state index is 4.16. The Labute approximate surface area is 455 Å². The van der Waals surface area contributed by atoms with E-state index in [9.17, 15) is 0 Å². The minimum atomic E-state index is 0. The van der Waals surface area contributed by atoms with E-state index in [1.165, 1.54) is 0 Å². The Morgan fingerprint density at radius 3 is 0.877 bits per heavy atom. The quantitative estimate of drug-likeness (QED) is 0.161. The summed E-state index contributed by atoms with van der Waals surface area (Å²) in [5.74, 6) is 0. The molecule has 5 aromatic heterocycles. The monoisotopic (exact) mass is 1690 g/mol. The van der Waals surface area contributed by atoms with Gasteiger partial charge >= 0.3 is 105 Å². The fraction of sp³-hybridized carbons (Fsp3) is 0. The summed E-state index contributed by atoms with van der Waals surface area (Å²) >= 11 is 0. The van der Waals surface area contributed by atoms with Crippen molar-refractivity contribution >= 4 is 0 Å². The van der Waals surface area contributed by atoms with Crippen molar-refractivity contribution in [1.82, 2.24) is 24.9 Å². The SMILES string of the molecule is [W+2].[W+2].[W+2].[W+2].[W+2].[c-]1ccccc1-c1[c-]cccn1.[c-]1ccccc1-c1[c-]ccnc1.[c-]1ccccc1-c1[c-]ccnc1.[c-]1ccccc1-c1[c-]cncc1.[c-]1ccccc1-c1[c-]cncc1. The van der Waals surface area contributed by atoms with Crippen LogP contribution in [0.4, 0.5) is 0 Å². The summed E-state index contributed by atoms with van der Waals surface area (Å²) in [6.45, 7) is 0. The van der Waals surface area contributed by atoms with Crippen LogP contribution in [0.15, 0.2) is 213 Å². The van der Waals surface area contributed by atoms with Crippen LogP contribution in [0.25, 0.3) is 55.8 Å². The fourth-order valence-electron chi connectivity index (χ4n) is 5.17. The number of benzene rings is 5. The van der Waals surface area contributed by atoms with E-state index in [0.29, 0.717) is 0 Å². The van der Waals surface area contributed by atoms with Crippen molar-refractivity contribution in [3.8, 4) is 55.8 Å². The summed E-state index contributed by atoms with van der Waals surface area (Å²) < 4.78 is 0. The molecule has 0 aliphatic heterocycles. The van der Waals surface area contributed by atoms with Gasteiger partial charge in [-0.3, -0.25) is 32.2 Å². The second-order valence-corrected chi connectivity index (χ2v) is 12.1. The van der Waals surface area contributed by atoms with Crippen molar-refractivity contribution in [2.45, 2.75) is 0 Å². The molecule has 0 fully saturated rings. The third-order valence-corrected chi connectivity index (χ3v) is 8.02. The largest absolute Gasteiger partial charge is 2.00 e. The molecule has 0 saturated carbocycles. The van der Waals surface area contributed by atoms with Crippen molar-refractivity contribution in [1.29, 1.82) is 0 Å². The Hall–Kier alpha value is -4.71. The van der Waals surface area contributed by atoms with Gasteiger partial charge in [0.25, 0.3) is 0 Å². The van der Waals surface area contributed by atoms with Gasteiger partial charge in [-0.1, -0.05) is 24.8 Å². The van der Waals surface area contributed by atoms with E-state index in [-0.39, 0.29) is 105 Å². The van der Waals surface area contributed by atoms with Crippen LogP contribution in [0, 0.1) is 60.7 Å². The second-order valence-electron chi connectivity index (χ2n) is 12.1. The van der Waals surface area contributed by atoms with E-state index in [1.807, 2.05) is 146 Å². The van der Waals surface area contributed by atoms with Gasteiger partial charge in [0.05, 0.1) is 0 Å². The average Bonchev–Trinajstić information content (AvgIpc) is 3.37. The standard InChI is InChI=1S/5C11H7N.5W/c1-2-6-10(7-3-1)11-8-4-5-9-12-11;2*1-2-5-10(6-3-1)11-7-4-8-12-9-11;2*1-2-4-10(5-3-1)11-6-8-12-9-7-11;;;;;/h1-6,9H;2*1-5,8-9H;2*1-4,6,8-9H;;;;;/q5*-2;5*+2. The van der Waals surface area contributed by atoms with Crippen molar-refractivity contribution in [2.24, 2.45) is 0 Å². The number of hydrogen-bond donors (Lipinski definition) is 0. The van der Waals surface area contributed by atoms with E-state index in [1.54, 1.807) is 67.9 Å². The van der Waals surface area contributed by atoms with Gasteiger partial charge in [-0.15, -0.1) is 54.2 Å². The van der Waals surface area contributed by atoms with Gasteiger partial charge in [-0.25, -0.2) is 76.3 Å². The first-order chi connectivity index (χ1) is 29.8. The van der Waals surface area contributed by atoms with Crippen LogP contribution >= 0.6 is 0 Å². The molecule has 5 aromatic carbocycles. The normalized spacial score (nSPS) is 8.92. The van der Waals surface area contributed by atoms with Gasteiger partial charge < -0.3 is 15.0 Å². The molecule has 0 saturated heterocycles. The Bertz CT molecular complexity index is 1970. The van der Waals surface area contributed by atoms with Gasteiger partial charge in [0, 0.05) is 0 Å². The molecule has 5 heterocycles. The van der Waals surface area contributed by atoms with E-state index in [4.69, 9.17) is 0 Å². The first kappa shape index (κ1) is 58.3. The number of hydrogen-bond acceptors (Lipinski definition) is 5. The summed E-state index contributed by atoms with van der Waals surface area (Å²) in [4.78, 5) is 20.0. The predicted octanol–water partition coefficient (Wildman–Crippen LogP) is 11.7. The predicted molar refractivity (Wildman–Crippen MR) is 237 cm³/mol. The third-order valence-electron chi connectivity index (χ3n) is 8.02. The molecule has 10 heteroatoms. The van der Waals surface area contributed by atoms with Gasteiger partial charge in [0.1, 0.15) is 0 Å². The Kier molecular flexibility index (Phi) is 31.9. The van der Waals surface area contributed by atoms with Crippen molar-refractivity contribution < 1.29 is 105 Å². The van der Waals surface area contributed by atoms with E-state index >= 15 is 0 Å². The average molecular weight is 1690 g/mol. The number of nitrogens with zero attached hydrogens (tertiary/aromatic N) is 5. The molecule has 10 aromatic rings. The van der Waals surface area contributed by atoms with Crippen LogP contribution in [-0.4, -0.2) is 24.9 Å². The van der Waals surface area contributed by atoms with Gasteiger partial charge in [-0.05, 0) is 31.0 Å². The van der Waals surface area contributed by atoms with Crippen LogP contribution in [0.1, 0.15) is 0 Å². The minimum absolute atomic E-state index is 0. The zero-order valence-electron chi connectivity index (χ0n) is 34.5.